The molecule has 0 unspecified atom stereocenters. The molecule has 0 fully saturated rings. The molecule has 1 aromatic carbocycles. The average molecular weight is 165 g/mol. The minimum Gasteiger partial charge on any atom is -0.478 e. The SMILES string of the molecule is Cc1cc(N)c(C(=O)O)cc1C. The van der Waals surface area contributed by atoms with Gasteiger partial charge in [0.2, 0.25) is 0 Å². The molecule has 0 heterocycles. The second-order valence-corrected chi connectivity index (χ2v) is 2.83. The Hall–Kier alpha value is -1.51. The lowest BCUT2D eigenvalue weighted by atomic mass is 10.0. The number of nitrogen functional groups attached to an aromatic ring is 1. The first kappa shape index (κ1) is 8.59. The molecule has 12 heavy (non-hydrogen) atoms. The lowest BCUT2D eigenvalue weighted by Gasteiger charge is -2.04. The maximum absolute atomic E-state index is 10.6. The van der Waals surface area contributed by atoms with Crippen LogP contribution in [0.25, 0.3) is 0 Å². The molecule has 0 radical (unpaired) electrons. The fraction of sp³-hybridized carbons (Fsp3) is 0.222. The molecule has 0 aliphatic heterocycles. The summed E-state index contributed by atoms with van der Waals surface area (Å²) in [4.78, 5) is 10.6. The third-order valence-electron chi connectivity index (χ3n) is 1.90. The number of aromatic carboxylic acids is 1. The van der Waals surface area contributed by atoms with Crippen LogP contribution < -0.4 is 5.73 Å². The Bertz CT molecular complexity index is 332. The van der Waals surface area contributed by atoms with Crippen LogP contribution in [0, 0.1) is 13.8 Å². The fourth-order valence-electron chi connectivity index (χ4n) is 1.02. The van der Waals surface area contributed by atoms with Crippen LogP contribution >= 0.6 is 0 Å². The van der Waals surface area contributed by atoms with E-state index in [9.17, 15) is 4.79 Å². The van der Waals surface area contributed by atoms with Gasteiger partial charge in [-0.2, -0.15) is 0 Å². The van der Waals surface area contributed by atoms with Crippen molar-refractivity contribution in [2.45, 2.75) is 13.8 Å². The van der Waals surface area contributed by atoms with Crippen LogP contribution in [0.1, 0.15) is 21.5 Å². The molecule has 1 rings (SSSR count). The lowest BCUT2D eigenvalue weighted by Crippen LogP contribution is -2.03. The van der Waals surface area contributed by atoms with Crippen molar-refractivity contribution in [1.82, 2.24) is 0 Å². The summed E-state index contributed by atoms with van der Waals surface area (Å²) in [6.45, 7) is 3.76. The normalized spacial score (nSPS) is 9.83. The van der Waals surface area contributed by atoms with Gasteiger partial charge in [0.1, 0.15) is 0 Å². The Kier molecular flexibility index (Phi) is 2.04. The van der Waals surface area contributed by atoms with E-state index in [1.165, 1.54) is 0 Å². The second-order valence-electron chi connectivity index (χ2n) is 2.83. The molecule has 0 bridgehead atoms. The lowest BCUT2D eigenvalue weighted by molar-refractivity contribution is 0.0698. The Balaban J connectivity index is 3.33. The molecule has 3 heteroatoms. The first-order valence-electron chi connectivity index (χ1n) is 3.62. The van der Waals surface area contributed by atoms with Crippen LogP contribution in [0.4, 0.5) is 5.69 Å². The first-order chi connectivity index (χ1) is 5.52. The van der Waals surface area contributed by atoms with Crippen LogP contribution in [0.5, 0.6) is 0 Å². The van der Waals surface area contributed by atoms with Gasteiger partial charge in [0.15, 0.2) is 0 Å². The zero-order chi connectivity index (χ0) is 9.30. The number of anilines is 1. The number of benzene rings is 1. The summed E-state index contributed by atoms with van der Waals surface area (Å²) in [5.74, 6) is -0.976. The molecule has 3 N–H and O–H groups in total. The van der Waals surface area contributed by atoms with E-state index in [4.69, 9.17) is 10.8 Å². The standard InChI is InChI=1S/C9H11NO2/c1-5-3-7(9(11)12)8(10)4-6(5)2/h3-4H,10H2,1-2H3,(H,11,12). The highest BCUT2D eigenvalue weighted by molar-refractivity contribution is 5.94. The number of carbonyl (C=O) groups is 1. The highest BCUT2D eigenvalue weighted by Gasteiger charge is 2.08. The van der Waals surface area contributed by atoms with Crippen LogP contribution in [-0.2, 0) is 0 Å². The maximum Gasteiger partial charge on any atom is 0.337 e. The summed E-state index contributed by atoms with van der Waals surface area (Å²) < 4.78 is 0. The molecular weight excluding hydrogens is 154 g/mol. The van der Waals surface area contributed by atoms with Crippen molar-refractivity contribution >= 4 is 11.7 Å². The van der Waals surface area contributed by atoms with E-state index in [1.54, 1.807) is 12.1 Å². The van der Waals surface area contributed by atoms with Gasteiger partial charge < -0.3 is 10.8 Å². The quantitative estimate of drug-likeness (QED) is 0.621. The van der Waals surface area contributed by atoms with Crippen LogP contribution in [0.15, 0.2) is 12.1 Å². The third-order valence-corrected chi connectivity index (χ3v) is 1.90. The van der Waals surface area contributed by atoms with Gasteiger partial charge in [-0.25, -0.2) is 4.79 Å². The van der Waals surface area contributed by atoms with Gasteiger partial charge in [0, 0.05) is 5.69 Å². The Morgan fingerprint density at radius 2 is 1.83 bits per heavy atom. The molecule has 0 saturated heterocycles. The molecule has 0 saturated carbocycles. The van der Waals surface area contributed by atoms with Crippen molar-refractivity contribution in [1.29, 1.82) is 0 Å². The van der Waals surface area contributed by atoms with Gasteiger partial charge in [-0.05, 0) is 37.1 Å². The third kappa shape index (κ3) is 1.39. The fourth-order valence-corrected chi connectivity index (χ4v) is 1.02. The van der Waals surface area contributed by atoms with Crippen molar-refractivity contribution in [3.63, 3.8) is 0 Å². The van der Waals surface area contributed by atoms with Crippen molar-refractivity contribution < 1.29 is 9.90 Å². The molecule has 0 aliphatic rings. The van der Waals surface area contributed by atoms with E-state index < -0.39 is 5.97 Å². The van der Waals surface area contributed by atoms with Crippen LogP contribution in [-0.4, -0.2) is 11.1 Å². The predicted octanol–water partition coefficient (Wildman–Crippen LogP) is 1.58. The highest BCUT2D eigenvalue weighted by atomic mass is 16.4. The number of carboxylic acid groups (broad SMARTS) is 1. The van der Waals surface area contributed by atoms with E-state index in [2.05, 4.69) is 0 Å². The van der Waals surface area contributed by atoms with Gasteiger partial charge >= 0.3 is 5.97 Å². The molecule has 0 aromatic heterocycles. The van der Waals surface area contributed by atoms with Gasteiger partial charge in [-0.1, -0.05) is 0 Å². The molecule has 0 aliphatic carbocycles. The topological polar surface area (TPSA) is 63.3 Å². The van der Waals surface area contributed by atoms with E-state index in [1.807, 2.05) is 13.8 Å². The minimum atomic E-state index is -0.976. The van der Waals surface area contributed by atoms with Crippen LogP contribution in [0.3, 0.4) is 0 Å². The molecule has 64 valence electrons. The van der Waals surface area contributed by atoms with Gasteiger partial charge in [0.05, 0.1) is 5.56 Å². The summed E-state index contributed by atoms with van der Waals surface area (Å²) >= 11 is 0. The first-order valence-corrected chi connectivity index (χ1v) is 3.62. The average Bonchev–Trinajstić information content (AvgIpc) is 1.96. The maximum atomic E-state index is 10.6. The zero-order valence-electron chi connectivity index (χ0n) is 7.09. The Morgan fingerprint density at radius 3 is 2.33 bits per heavy atom. The molecule has 0 amide bonds. The van der Waals surface area contributed by atoms with Crippen molar-refractivity contribution in [3.05, 3.63) is 28.8 Å². The number of hydrogen-bond acceptors (Lipinski definition) is 2. The van der Waals surface area contributed by atoms with Gasteiger partial charge in [0.25, 0.3) is 0 Å². The number of aryl methyl sites for hydroxylation is 2. The molecule has 1 aromatic rings. The van der Waals surface area contributed by atoms with Crippen molar-refractivity contribution in [2.24, 2.45) is 0 Å². The summed E-state index contributed by atoms with van der Waals surface area (Å²) in [6.07, 6.45) is 0. The number of hydrogen-bond donors (Lipinski definition) is 2. The van der Waals surface area contributed by atoms with E-state index >= 15 is 0 Å². The Labute approximate surface area is 70.8 Å². The van der Waals surface area contributed by atoms with E-state index in [-0.39, 0.29) is 5.56 Å². The highest BCUT2D eigenvalue weighted by Crippen LogP contribution is 2.17. The number of rotatable bonds is 1. The van der Waals surface area contributed by atoms with Crippen molar-refractivity contribution in [3.8, 4) is 0 Å². The number of carboxylic acids is 1. The van der Waals surface area contributed by atoms with E-state index in [0.29, 0.717) is 5.69 Å². The molecule has 0 atom stereocenters. The minimum absolute atomic E-state index is 0.179. The Morgan fingerprint density at radius 1 is 1.33 bits per heavy atom. The largest absolute Gasteiger partial charge is 0.478 e. The monoisotopic (exact) mass is 165 g/mol. The summed E-state index contributed by atoms with van der Waals surface area (Å²) in [6, 6.07) is 3.27. The van der Waals surface area contributed by atoms with Gasteiger partial charge in [-0.15, -0.1) is 0 Å². The van der Waals surface area contributed by atoms with Crippen molar-refractivity contribution in [2.75, 3.05) is 5.73 Å². The smallest absolute Gasteiger partial charge is 0.337 e. The molecule has 0 spiro atoms. The van der Waals surface area contributed by atoms with E-state index in [0.717, 1.165) is 11.1 Å². The summed E-state index contributed by atoms with van der Waals surface area (Å²) in [5.41, 5.74) is 7.97. The molecule has 3 nitrogen and oxygen atoms in total. The zero-order valence-corrected chi connectivity index (χ0v) is 7.09. The summed E-state index contributed by atoms with van der Waals surface area (Å²) in [7, 11) is 0. The second kappa shape index (κ2) is 2.85. The van der Waals surface area contributed by atoms with Gasteiger partial charge in [-0.3, -0.25) is 0 Å². The van der Waals surface area contributed by atoms with Crippen LogP contribution in [0.2, 0.25) is 0 Å². The summed E-state index contributed by atoms with van der Waals surface area (Å²) in [5, 5.41) is 8.70. The predicted molar refractivity (Wildman–Crippen MR) is 47.3 cm³/mol. The molecular formula is C9H11NO2. The number of nitrogens with two attached hydrogens (primary N) is 1.